The Morgan fingerprint density at radius 2 is 2.20 bits per heavy atom. The molecule has 1 atom stereocenters. The van der Waals surface area contributed by atoms with Crippen LogP contribution in [0.15, 0.2) is 4.99 Å². The van der Waals surface area contributed by atoms with E-state index in [1.54, 1.807) is 0 Å². The van der Waals surface area contributed by atoms with E-state index in [-0.39, 0.29) is 0 Å². The zero-order valence-electron chi connectivity index (χ0n) is 13.1. The summed E-state index contributed by atoms with van der Waals surface area (Å²) in [6, 6.07) is 0. The average molecular weight is 285 g/mol. The van der Waals surface area contributed by atoms with E-state index in [1.165, 1.54) is 19.3 Å². The molecule has 2 N–H and O–H groups in total. The Balaban J connectivity index is 2.03. The molecule has 0 aliphatic carbocycles. The minimum atomic E-state index is 0.325. The lowest BCUT2D eigenvalue weighted by molar-refractivity contribution is 0.0171. The third kappa shape index (κ3) is 8.38. The van der Waals surface area contributed by atoms with Crippen molar-refractivity contribution in [3.8, 4) is 0 Å². The zero-order chi connectivity index (χ0) is 14.5. The Labute approximate surface area is 123 Å². The second-order valence-electron chi connectivity index (χ2n) is 5.10. The van der Waals surface area contributed by atoms with Crippen LogP contribution in [0.5, 0.6) is 0 Å². The number of nitrogens with one attached hydrogen (secondary N) is 2. The lowest BCUT2D eigenvalue weighted by atomic mass is 10.2. The maximum Gasteiger partial charge on any atom is 0.191 e. The predicted octanol–water partition coefficient (Wildman–Crippen LogP) is 1.93. The molecule has 0 bridgehead atoms. The summed E-state index contributed by atoms with van der Waals surface area (Å²) in [5.41, 5.74) is 0. The molecule has 0 radical (unpaired) electrons. The van der Waals surface area contributed by atoms with Gasteiger partial charge in [0.1, 0.15) is 0 Å². The molecule has 20 heavy (non-hydrogen) atoms. The predicted molar refractivity (Wildman–Crippen MR) is 83.3 cm³/mol. The molecular formula is C15H31N3O2. The quantitative estimate of drug-likeness (QED) is 0.366. The van der Waals surface area contributed by atoms with Gasteiger partial charge in [-0.15, -0.1) is 0 Å². The Morgan fingerprint density at radius 3 is 2.90 bits per heavy atom. The van der Waals surface area contributed by atoms with Crippen molar-refractivity contribution < 1.29 is 9.47 Å². The van der Waals surface area contributed by atoms with Crippen LogP contribution >= 0.6 is 0 Å². The summed E-state index contributed by atoms with van der Waals surface area (Å²) in [5, 5.41) is 6.59. The molecule has 1 saturated heterocycles. The summed E-state index contributed by atoms with van der Waals surface area (Å²) >= 11 is 0. The van der Waals surface area contributed by atoms with Gasteiger partial charge in [0.05, 0.1) is 12.7 Å². The lowest BCUT2D eigenvalue weighted by Gasteiger charge is -2.11. The van der Waals surface area contributed by atoms with Gasteiger partial charge in [-0.2, -0.15) is 0 Å². The van der Waals surface area contributed by atoms with Crippen molar-refractivity contribution in [3.63, 3.8) is 0 Å². The topological polar surface area (TPSA) is 54.9 Å². The van der Waals surface area contributed by atoms with Gasteiger partial charge in [-0.3, -0.25) is 4.99 Å². The van der Waals surface area contributed by atoms with Crippen LogP contribution in [0, 0.1) is 0 Å². The van der Waals surface area contributed by atoms with E-state index >= 15 is 0 Å². The average Bonchev–Trinajstić information content (AvgIpc) is 2.96. The fourth-order valence-corrected chi connectivity index (χ4v) is 2.07. The smallest absolute Gasteiger partial charge is 0.191 e. The van der Waals surface area contributed by atoms with Gasteiger partial charge in [0.2, 0.25) is 0 Å². The van der Waals surface area contributed by atoms with Gasteiger partial charge in [-0.25, -0.2) is 0 Å². The molecule has 0 aromatic carbocycles. The van der Waals surface area contributed by atoms with E-state index < -0.39 is 0 Å². The van der Waals surface area contributed by atoms with Crippen molar-refractivity contribution in [1.82, 2.24) is 10.6 Å². The Hall–Kier alpha value is -0.810. The van der Waals surface area contributed by atoms with E-state index in [0.29, 0.717) is 6.10 Å². The highest BCUT2D eigenvalue weighted by molar-refractivity contribution is 5.79. The zero-order valence-corrected chi connectivity index (χ0v) is 13.1. The first-order valence-corrected chi connectivity index (χ1v) is 8.08. The summed E-state index contributed by atoms with van der Waals surface area (Å²) in [4.78, 5) is 4.54. The van der Waals surface area contributed by atoms with E-state index in [2.05, 4.69) is 29.5 Å². The molecule has 1 aliphatic rings. The number of rotatable bonds is 10. The summed E-state index contributed by atoms with van der Waals surface area (Å²) in [6.07, 6.45) is 5.97. The highest BCUT2D eigenvalue weighted by Crippen LogP contribution is 2.11. The number of aliphatic imine (C=N–C) groups is 1. The molecule has 0 aromatic heterocycles. The number of unbranched alkanes of at least 4 members (excludes halogenated alkanes) is 1. The molecule has 0 spiro atoms. The molecule has 1 rings (SSSR count). The van der Waals surface area contributed by atoms with Crippen molar-refractivity contribution >= 4 is 5.96 Å². The SMILES string of the molecule is CCCCNC(=NCCCOCC1CCCO1)NCC. The summed E-state index contributed by atoms with van der Waals surface area (Å²) in [6.45, 7) is 9.35. The van der Waals surface area contributed by atoms with Crippen LogP contribution in [-0.2, 0) is 9.47 Å². The first kappa shape index (κ1) is 17.2. The summed E-state index contributed by atoms with van der Waals surface area (Å²) < 4.78 is 11.1. The standard InChI is InChI=1S/C15H31N3O2/c1-3-5-9-17-15(16-4-2)18-10-7-11-19-13-14-8-6-12-20-14/h14H,3-13H2,1-2H3,(H2,16,17,18). The number of nitrogens with zero attached hydrogens (tertiary/aromatic N) is 1. The molecule has 5 heteroatoms. The molecule has 1 fully saturated rings. The van der Waals surface area contributed by atoms with Gasteiger partial charge in [-0.1, -0.05) is 13.3 Å². The van der Waals surface area contributed by atoms with Gasteiger partial charge in [0.15, 0.2) is 5.96 Å². The molecule has 1 heterocycles. The second-order valence-corrected chi connectivity index (χ2v) is 5.10. The molecule has 118 valence electrons. The molecule has 0 amide bonds. The molecule has 5 nitrogen and oxygen atoms in total. The Morgan fingerprint density at radius 1 is 1.30 bits per heavy atom. The first-order chi connectivity index (χ1) is 9.86. The van der Waals surface area contributed by atoms with E-state index in [1.807, 2.05) is 0 Å². The fraction of sp³-hybridized carbons (Fsp3) is 0.933. The van der Waals surface area contributed by atoms with Gasteiger partial charge >= 0.3 is 0 Å². The number of ether oxygens (including phenoxy) is 2. The summed E-state index contributed by atoms with van der Waals surface area (Å²) in [5.74, 6) is 0.917. The van der Waals surface area contributed by atoms with Gasteiger partial charge in [0, 0.05) is 32.8 Å². The highest BCUT2D eigenvalue weighted by Gasteiger charge is 2.14. The largest absolute Gasteiger partial charge is 0.379 e. The van der Waals surface area contributed by atoms with Crippen molar-refractivity contribution in [2.45, 2.75) is 52.1 Å². The van der Waals surface area contributed by atoms with Gasteiger partial charge in [0.25, 0.3) is 0 Å². The molecule has 0 saturated carbocycles. The Kier molecular flexibility index (Phi) is 10.3. The molecule has 1 unspecified atom stereocenters. The van der Waals surface area contributed by atoms with E-state index in [9.17, 15) is 0 Å². The van der Waals surface area contributed by atoms with Crippen LogP contribution in [0.25, 0.3) is 0 Å². The van der Waals surface area contributed by atoms with E-state index in [4.69, 9.17) is 9.47 Å². The number of guanidine groups is 1. The normalized spacial score (nSPS) is 19.3. The van der Waals surface area contributed by atoms with Crippen LogP contribution in [0.4, 0.5) is 0 Å². The maximum atomic E-state index is 5.62. The highest BCUT2D eigenvalue weighted by atomic mass is 16.5. The number of hydrogen-bond donors (Lipinski definition) is 2. The van der Waals surface area contributed by atoms with Crippen molar-refractivity contribution in [2.75, 3.05) is 39.5 Å². The van der Waals surface area contributed by atoms with Crippen LogP contribution in [0.3, 0.4) is 0 Å². The monoisotopic (exact) mass is 285 g/mol. The van der Waals surface area contributed by atoms with Crippen LogP contribution in [0.1, 0.15) is 46.0 Å². The maximum absolute atomic E-state index is 5.62. The van der Waals surface area contributed by atoms with Gasteiger partial charge < -0.3 is 20.1 Å². The van der Waals surface area contributed by atoms with Crippen LogP contribution < -0.4 is 10.6 Å². The molecule has 0 aromatic rings. The van der Waals surface area contributed by atoms with Crippen LogP contribution in [-0.4, -0.2) is 51.5 Å². The third-order valence-corrected chi connectivity index (χ3v) is 3.21. The number of hydrogen-bond acceptors (Lipinski definition) is 3. The first-order valence-electron chi connectivity index (χ1n) is 8.08. The van der Waals surface area contributed by atoms with Gasteiger partial charge in [-0.05, 0) is 32.6 Å². The molecular weight excluding hydrogens is 254 g/mol. The second kappa shape index (κ2) is 12.0. The summed E-state index contributed by atoms with van der Waals surface area (Å²) in [7, 11) is 0. The minimum Gasteiger partial charge on any atom is -0.379 e. The fourth-order valence-electron chi connectivity index (χ4n) is 2.07. The van der Waals surface area contributed by atoms with Crippen molar-refractivity contribution in [3.05, 3.63) is 0 Å². The van der Waals surface area contributed by atoms with Crippen molar-refractivity contribution in [2.24, 2.45) is 4.99 Å². The third-order valence-electron chi connectivity index (χ3n) is 3.21. The Bertz CT molecular complexity index is 254. The minimum absolute atomic E-state index is 0.325. The lowest BCUT2D eigenvalue weighted by Crippen LogP contribution is -2.37. The molecule has 1 aliphatic heterocycles. The van der Waals surface area contributed by atoms with Crippen LogP contribution in [0.2, 0.25) is 0 Å². The van der Waals surface area contributed by atoms with E-state index in [0.717, 1.165) is 58.3 Å². The van der Waals surface area contributed by atoms with Crippen molar-refractivity contribution in [1.29, 1.82) is 0 Å².